The largest absolute Gasteiger partial charge is 0.505 e. The number of hydrogen-bond acceptors (Lipinski definition) is 4. The van der Waals surface area contributed by atoms with Crippen molar-refractivity contribution < 1.29 is 14.3 Å². The topological polar surface area (TPSA) is 91.8 Å². The summed E-state index contributed by atoms with van der Waals surface area (Å²) in [5.41, 5.74) is 7.03. The van der Waals surface area contributed by atoms with E-state index in [2.05, 4.69) is 9.98 Å². The Balaban J connectivity index is 2.46. The summed E-state index contributed by atoms with van der Waals surface area (Å²) in [6.45, 7) is 0. The van der Waals surface area contributed by atoms with Crippen LogP contribution in [0.3, 0.4) is 0 Å². The molecule has 0 spiro atoms. The zero-order chi connectivity index (χ0) is 17.7. The second-order valence-electron chi connectivity index (χ2n) is 5.41. The number of carbonyl (C=O) groups excluding carboxylic acids is 1. The lowest BCUT2D eigenvalue weighted by Gasteiger charge is -2.16. The molecule has 1 heterocycles. The van der Waals surface area contributed by atoms with Gasteiger partial charge in [0.25, 0.3) is 0 Å². The summed E-state index contributed by atoms with van der Waals surface area (Å²) in [4.78, 5) is 21.1. The minimum Gasteiger partial charge on any atom is -0.505 e. The Morgan fingerprint density at radius 2 is 2.21 bits per heavy atom. The number of nitrogens with two attached hydrogens (primary N) is 1. The summed E-state index contributed by atoms with van der Waals surface area (Å²) in [6, 6.07) is 7.16. The van der Waals surface area contributed by atoms with Crippen molar-refractivity contribution >= 4 is 12.2 Å². The molecule has 0 fully saturated rings. The van der Waals surface area contributed by atoms with Crippen molar-refractivity contribution in [2.75, 3.05) is 14.1 Å². The van der Waals surface area contributed by atoms with Gasteiger partial charge in [0.15, 0.2) is 17.5 Å². The van der Waals surface area contributed by atoms with E-state index < -0.39 is 17.6 Å². The number of nitrogens with zero attached hydrogens (tertiary/aromatic N) is 3. The van der Waals surface area contributed by atoms with Gasteiger partial charge in [0, 0.05) is 32.3 Å². The van der Waals surface area contributed by atoms with Gasteiger partial charge in [0.05, 0.1) is 11.7 Å². The first kappa shape index (κ1) is 17.4. The van der Waals surface area contributed by atoms with Gasteiger partial charge in [-0.05, 0) is 29.8 Å². The van der Waals surface area contributed by atoms with Crippen LogP contribution in [0.25, 0.3) is 11.3 Å². The third-order valence-electron chi connectivity index (χ3n) is 3.49. The van der Waals surface area contributed by atoms with E-state index in [1.54, 1.807) is 31.1 Å². The fourth-order valence-electron chi connectivity index (χ4n) is 2.15. The minimum absolute atomic E-state index is 0.139. The molecule has 126 valence electrons. The summed E-state index contributed by atoms with van der Waals surface area (Å²) in [6.07, 6.45) is 2.40. The molecule has 2 aromatic rings. The zero-order valence-corrected chi connectivity index (χ0v) is 13.5. The number of aldehydes is 1. The molecule has 1 aromatic heterocycles. The Morgan fingerprint density at radius 1 is 1.46 bits per heavy atom. The van der Waals surface area contributed by atoms with Crippen LogP contribution in [0.4, 0.5) is 4.39 Å². The van der Waals surface area contributed by atoms with E-state index in [9.17, 15) is 14.3 Å². The third-order valence-corrected chi connectivity index (χ3v) is 3.49. The van der Waals surface area contributed by atoms with E-state index in [0.29, 0.717) is 11.3 Å². The van der Waals surface area contributed by atoms with Crippen LogP contribution in [0, 0.1) is 5.82 Å². The fourth-order valence-corrected chi connectivity index (χ4v) is 2.15. The highest BCUT2D eigenvalue weighted by Crippen LogP contribution is 2.29. The van der Waals surface area contributed by atoms with Crippen molar-refractivity contribution in [3.8, 4) is 17.0 Å². The molecule has 0 aliphatic carbocycles. The van der Waals surface area contributed by atoms with E-state index >= 15 is 0 Å². The predicted octanol–water partition coefficient (Wildman–Crippen LogP) is 2.10. The molecule has 0 aliphatic heterocycles. The van der Waals surface area contributed by atoms with E-state index in [1.165, 1.54) is 24.4 Å². The molecule has 0 bridgehead atoms. The molecule has 0 saturated carbocycles. The molecule has 7 heteroatoms. The number of hydrogen-bond donors (Lipinski definition) is 2. The first-order chi connectivity index (χ1) is 11.4. The SMILES string of the molecule is CN(C)C(N)=NC(CC=O)c1ccnc(-c2cccc(O)c2F)c1. The molecule has 1 atom stereocenters. The van der Waals surface area contributed by atoms with E-state index in [1.807, 2.05) is 0 Å². The molecule has 6 nitrogen and oxygen atoms in total. The van der Waals surface area contributed by atoms with Gasteiger partial charge in [-0.15, -0.1) is 0 Å². The van der Waals surface area contributed by atoms with Crippen molar-refractivity contribution in [2.45, 2.75) is 12.5 Å². The standard InChI is InChI=1S/C17H19FN4O2/c1-22(2)17(19)21-13(7-9-23)11-6-8-20-14(10-11)12-4-3-5-15(24)16(12)18/h3-6,8-10,13,24H,7H2,1-2H3,(H2,19,21). The van der Waals surface area contributed by atoms with Gasteiger partial charge in [0.1, 0.15) is 6.29 Å². The van der Waals surface area contributed by atoms with Crippen molar-refractivity contribution in [2.24, 2.45) is 10.7 Å². The number of halogens is 1. The van der Waals surface area contributed by atoms with Crippen LogP contribution in [0.1, 0.15) is 18.0 Å². The summed E-state index contributed by atoms with van der Waals surface area (Å²) in [7, 11) is 3.49. The summed E-state index contributed by atoms with van der Waals surface area (Å²) < 4.78 is 14.1. The van der Waals surface area contributed by atoms with Gasteiger partial charge in [-0.3, -0.25) is 4.98 Å². The number of benzene rings is 1. The van der Waals surface area contributed by atoms with Gasteiger partial charge < -0.3 is 20.5 Å². The van der Waals surface area contributed by atoms with Crippen molar-refractivity contribution in [1.29, 1.82) is 0 Å². The fraction of sp³-hybridized carbons (Fsp3) is 0.235. The summed E-state index contributed by atoms with van der Waals surface area (Å²) >= 11 is 0. The molecular weight excluding hydrogens is 311 g/mol. The van der Waals surface area contributed by atoms with E-state index in [4.69, 9.17) is 5.73 Å². The first-order valence-corrected chi connectivity index (χ1v) is 7.32. The smallest absolute Gasteiger partial charge is 0.191 e. The van der Waals surface area contributed by atoms with Crippen molar-refractivity contribution in [3.63, 3.8) is 0 Å². The Kier molecular flexibility index (Phi) is 5.47. The molecule has 1 aromatic carbocycles. The van der Waals surface area contributed by atoms with Crippen molar-refractivity contribution in [1.82, 2.24) is 9.88 Å². The van der Waals surface area contributed by atoms with E-state index in [0.717, 1.165) is 6.29 Å². The molecule has 0 aliphatic rings. The van der Waals surface area contributed by atoms with Gasteiger partial charge in [-0.1, -0.05) is 6.07 Å². The lowest BCUT2D eigenvalue weighted by atomic mass is 10.0. The second kappa shape index (κ2) is 7.54. The maximum Gasteiger partial charge on any atom is 0.191 e. The molecule has 24 heavy (non-hydrogen) atoms. The summed E-state index contributed by atoms with van der Waals surface area (Å²) in [5, 5.41) is 9.51. The second-order valence-corrected chi connectivity index (χ2v) is 5.41. The normalized spacial score (nSPS) is 12.7. The Labute approximate surface area is 139 Å². The van der Waals surface area contributed by atoms with Gasteiger partial charge in [-0.2, -0.15) is 0 Å². The monoisotopic (exact) mass is 330 g/mol. The quantitative estimate of drug-likeness (QED) is 0.498. The molecule has 0 amide bonds. The summed E-state index contributed by atoms with van der Waals surface area (Å²) in [5.74, 6) is -0.909. The van der Waals surface area contributed by atoms with E-state index in [-0.39, 0.29) is 17.9 Å². The van der Waals surface area contributed by atoms with Crippen LogP contribution in [0.2, 0.25) is 0 Å². The highest BCUT2D eigenvalue weighted by Gasteiger charge is 2.15. The third kappa shape index (κ3) is 3.87. The van der Waals surface area contributed by atoms with Crippen LogP contribution >= 0.6 is 0 Å². The predicted molar refractivity (Wildman–Crippen MR) is 90.0 cm³/mol. The number of aliphatic imine (C=N–C) groups is 1. The van der Waals surface area contributed by atoms with Crippen LogP contribution in [-0.2, 0) is 4.79 Å². The van der Waals surface area contributed by atoms with Crippen LogP contribution in [0.5, 0.6) is 5.75 Å². The number of aromatic nitrogens is 1. The lowest BCUT2D eigenvalue weighted by molar-refractivity contribution is -0.108. The maximum absolute atomic E-state index is 14.1. The van der Waals surface area contributed by atoms with Gasteiger partial charge in [-0.25, -0.2) is 9.38 Å². The molecule has 3 N–H and O–H groups in total. The number of guanidine groups is 1. The molecule has 2 rings (SSSR count). The van der Waals surface area contributed by atoms with Gasteiger partial charge in [0.2, 0.25) is 0 Å². The average molecular weight is 330 g/mol. The maximum atomic E-state index is 14.1. The number of rotatable bonds is 5. The highest BCUT2D eigenvalue weighted by molar-refractivity contribution is 5.78. The average Bonchev–Trinajstić information content (AvgIpc) is 2.57. The lowest BCUT2D eigenvalue weighted by Crippen LogP contribution is -2.31. The molecule has 0 saturated heterocycles. The number of pyridine rings is 1. The zero-order valence-electron chi connectivity index (χ0n) is 13.5. The molecule has 0 radical (unpaired) electrons. The van der Waals surface area contributed by atoms with Crippen molar-refractivity contribution in [3.05, 3.63) is 47.9 Å². The van der Waals surface area contributed by atoms with Crippen LogP contribution < -0.4 is 5.73 Å². The van der Waals surface area contributed by atoms with Crippen LogP contribution in [0.15, 0.2) is 41.5 Å². The Morgan fingerprint density at radius 3 is 2.88 bits per heavy atom. The Bertz CT molecular complexity index is 762. The number of aromatic hydroxyl groups is 1. The number of phenols is 1. The van der Waals surface area contributed by atoms with Crippen LogP contribution in [-0.4, -0.2) is 41.3 Å². The number of phenolic OH excluding ortho intramolecular Hbond substituents is 1. The van der Waals surface area contributed by atoms with Gasteiger partial charge >= 0.3 is 0 Å². The minimum atomic E-state index is -0.745. The Hall–Kier alpha value is -2.96. The highest BCUT2D eigenvalue weighted by atomic mass is 19.1. The molecular formula is C17H19FN4O2. The first-order valence-electron chi connectivity index (χ1n) is 7.32. The number of carbonyl (C=O) groups is 1. The molecule has 1 unspecified atom stereocenters.